The lowest BCUT2D eigenvalue weighted by Crippen LogP contribution is -2.55. The van der Waals surface area contributed by atoms with E-state index in [4.69, 9.17) is 4.42 Å². The van der Waals surface area contributed by atoms with Gasteiger partial charge in [-0.05, 0) is 74.8 Å². The van der Waals surface area contributed by atoms with Crippen molar-refractivity contribution in [3.63, 3.8) is 0 Å². The van der Waals surface area contributed by atoms with Crippen molar-refractivity contribution in [2.24, 2.45) is 0 Å². The fraction of sp³-hybridized carbons (Fsp3) is 0.485. The van der Waals surface area contributed by atoms with E-state index in [1.807, 2.05) is 6.07 Å². The molecule has 226 valence electrons. The standard InChI is InChI=1S/C33H39N5O5/c1-20-5-2-3-6-26(20)36-13-15-37(16-14-36)28-17-22-11-12-38(27-7-4-8-29(39)30(27)40)33(42)23(22)18-24(28)34-31(41)25-19-43-32(35-25)21-9-10-21/h2-3,5-6,17-19,21,27,29-30,39-40H,4,7-16H2,1H3,(H,34,41)/t27-,29?,30?/m0/s1. The number of amides is 2. The first-order chi connectivity index (χ1) is 20.9. The van der Waals surface area contributed by atoms with Crippen molar-refractivity contribution in [3.8, 4) is 0 Å². The Morgan fingerprint density at radius 1 is 0.977 bits per heavy atom. The fourth-order valence-electron chi connectivity index (χ4n) is 6.89. The summed E-state index contributed by atoms with van der Waals surface area (Å²) in [4.78, 5) is 38.1. The van der Waals surface area contributed by atoms with E-state index in [9.17, 15) is 19.8 Å². The molecule has 0 spiro atoms. The summed E-state index contributed by atoms with van der Waals surface area (Å²) < 4.78 is 5.57. The molecule has 2 aromatic carbocycles. The van der Waals surface area contributed by atoms with E-state index in [2.05, 4.69) is 51.3 Å². The summed E-state index contributed by atoms with van der Waals surface area (Å²) in [6, 6.07) is 11.8. The van der Waals surface area contributed by atoms with Crippen LogP contribution >= 0.6 is 0 Å². The van der Waals surface area contributed by atoms with Gasteiger partial charge in [-0.2, -0.15) is 0 Å². The van der Waals surface area contributed by atoms with E-state index in [1.165, 1.54) is 17.5 Å². The number of aliphatic hydroxyl groups is 2. The Kier molecular flexibility index (Phi) is 7.34. The first kappa shape index (κ1) is 27.9. The van der Waals surface area contributed by atoms with Crippen LogP contribution in [0, 0.1) is 6.92 Å². The van der Waals surface area contributed by atoms with Crippen LogP contribution in [0.25, 0.3) is 0 Å². The first-order valence-electron chi connectivity index (χ1n) is 15.5. The molecule has 2 aliphatic heterocycles. The number of aromatic nitrogens is 1. The van der Waals surface area contributed by atoms with Crippen molar-refractivity contribution >= 4 is 28.9 Å². The predicted molar refractivity (Wildman–Crippen MR) is 163 cm³/mol. The maximum atomic E-state index is 13.9. The number of piperazine rings is 1. The van der Waals surface area contributed by atoms with Crippen molar-refractivity contribution in [2.75, 3.05) is 47.8 Å². The SMILES string of the molecule is Cc1ccccc1N1CCN(c2cc3c(cc2NC(=O)c2coc(C4CC4)n2)C(=O)N([C@H]2CCCC(O)C2O)CC3)CC1. The van der Waals surface area contributed by atoms with Crippen LogP contribution in [0.3, 0.4) is 0 Å². The molecule has 3 atom stereocenters. The molecule has 10 heteroatoms. The number of oxazole rings is 1. The zero-order valence-electron chi connectivity index (χ0n) is 24.5. The zero-order valence-corrected chi connectivity index (χ0v) is 24.5. The number of para-hydroxylation sites is 1. The summed E-state index contributed by atoms with van der Waals surface area (Å²) in [6.45, 7) is 5.80. The van der Waals surface area contributed by atoms with Gasteiger partial charge in [-0.25, -0.2) is 4.98 Å². The summed E-state index contributed by atoms with van der Waals surface area (Å²) >= 11 is 0. The second kappa shape index (κ2) is 11.3. The molecule has 2 unspecified atom stereocenters. The molecule has 2 aliphatic carbocycles. The minimum Gasteiger partial charge on any atom is -0.448 e. The van der Waals surface area contributed by atoms with Crippen LogP contribution < -0.4 is 15.1 Å². The fourth-order valence-corrected chi connectivity index (χ4v) is 6.89. The van der Waals surface area contributed by atoms with Crippen LogP contribution in [0.4, 0.5) is 17.1 Å². The molecule has 10 nitrogen and oxygen atoms in total. The summed E-state index contributed by atoms with van der Waals surface area (Å²) in [5.41, 5.74) is 5.60. The molecule has 1 saturated heterocycles. The maximum Gasteiger partial charge on any atom is 0.277 e. The minimum absolute atomic E-state index is 0.178. The van der Waals surface area contributed by atoms with Crippen LogP contribution in [0.1, 0.15) is 75.9 Å². The van der Waals surface area contributed by atoms with Gasteiger partial charge in [-0.1, -0.05) is 18.2 Å². The molecule has 7 rings (SSSR count). The summed E-state index contributed by atoms with van der Waals surface area (Å²) in [5, 5.41) is 24.0. The average molecular weight is 586 g/mol. The quantitative estimate of drug-likeness (QED) is 0.400. The highest BCUT2D eigenvalue weighted by Crippen LogP contribution is 2.40. The van der Waals surface area contributed by atoms with E-state index < -0.39 is 18.2 Å². The van der Waals surface area contributed by atoms with Crippen molar-refractivity contribution in [3.05, 3.63) is 70.9 Å². The summed E-state index contributed by atoms with van der Waals surface area (Å²) in [7, 11) is 0. The maximum absolute atomic E-state index is 13.9. The van der Waals surface area contributed by atoms with Gasteiger partial charge in [0.1, 0.15) is 12.4 Å². The smallest absolute Gasteiger partial charge is 0.277 e. The van der Waals surface area contributed by atoms with Gasteiger partial charge in [0.25, 0.3) is 11.8 Å². The van der Waals surface area contributed by atoms with Crippen LogP contribution in [0.5, 0.6) is 0 Å². The van der Waals surface area contributed by atoms with Crippen LogP contribution in [-0.4, -0.2) is 82.9 Å². The van der Waals surface area contributed by atoms with E-state index in [-0.39, 0.29) is 17.5 Å². The normalized spacial score (nSPS) is 24.2. The van der Waals surface area contributed by atoms with Gasteiger partial charge in [0.05, 0.1) is 23.5 Å². The van der Waals surface area contributed by atoms with Crippen LogP contribution in [0.2, 0.25) is 0 Å². The Morgan fingerprint density at radius 2 is 1.72 bits per heavy atom. The van der Waals surface area contributed by atoms with Gasteiger partial charge in [0.15, 0.2) is 11.6 Å². The number of carbonyl (C=O) groups is 2. The number of hydrogen-bond donors (Lipinski definition) is 3. The molecule has 3 heterocycles. The van der Waals surface area contributed by atoms with Gasteiger partial charge in [0.2, 0.25) is 0 Å². The number of nitrogens with zero attached hydrogens (tertiary/aromatic N) is 4. The number of nitrogens with one attached hydrogen (secondary N) is 1. The van der Waals surface area contributed by atoms with Gasteiger partial charge in [0, 0.05) is 49.9 Å². The van der Waals surface area contributed by atoms with E-state index in [0.29, 0.717) is 48.9 Å². The highest BCUT2D eigenvalue weighted by molar-refractivity contribution is 6.06. The van der Waals surface area contributed by atoms with Crippen LogP contribution in [0.15, 0.2) is 47.1 Å². The topological polar surface area (TPSA) is 122 Å². The average Bonchev–Trinajstić information content (AvgIpc) is 3.75. The molecule has 0 radical (unpaired) electrons. The molecule has 4 aliphatic rings. The number of hydrogen-bond acceptors (Lipinski definition) is 8. The highest BCUT2D eigenvalue weighted by Gasteiger charge is 2.39. The number of aryl methyl sites for hydroxylation is 1. The van der Waals surface area contributed by atoms with Crippen molar-refractivity contribution in [1.82, 2.24) is 9.88 Å². The van der Waals surface area contributed by atoms with E-state index in [1.54, 1.807) is 11.0 Å². The molecule has 43 heavy (non-hydrogen) atoms. The molecule has 1 aromatic heterocycles. The number of fused-ring (bicyclic) bond motifs is 1. The Labute approximate surface area is 251 Å². The number of benzene rings is 2. The number of aliphatic hydroxyl groups excluding tert-OH is 2. The highest BCUT2D eigenvalue weighted by atomic mass is 16.3. The Hall–Kier alpha value is -3.89. The molecular formula is C33H39N5O5. The third-order valence-corrected chi connectivity index (χ3v) is 9.53. The molecule has 2 amide bonds. The Balaban J connectivity index is 1.18. The second-order valence-electron chi connectivity index (χ2n) is 12.4. The lowest BCUT2D eigenvalue weighted by molar-refractivity contribution is -0.0578. The molecule has 2 saturated carbocycles. The predicted octanol–water partition coefficient (Wildman–Crippen LogP) is 3.71. The molecule has 0 bridgehead atoms. The van der Waals surface area contributed by atoms with E-state index >= 15 is 0 Å². The van der Waals surface area contributed by atoms with Crippen molar-refractivity contribution < 1.29 is 24.2 Å². The van der Waals surface area contributed by atoms with Gasteiger partial charge in [-0.3, -0.25) is 9.59 Å². The molecular weight excluding hydrogens is 546 g/mol. The second-order valence-corrected chi connectivity index (χ2v) is 12.4. The Bertz CT molecular complexity index is 1530. The molecule has 3 aromatic rings. The first-order valence-corrected chi connectivity index (χ1v) is 15.5. The third kappa shape index (κ3) is 5.38. The van der Waals surface area contributed by atoms with Crippen molar-refractivity contribution in [2.45, 2.75) is 69.6 Å². The number of anilines is 3. The summed E-state index contributed by atoms with van der Waals surface area (Å²) in [6.07, 6.45) is 4.26. The van der Waals surface area contributed by atoms with Gasteiger partial charge in [-0.15, -0.1) is 0 Å². The van der Waals surface area contributed by atoms with Gasteiger partial charge < -0.3 is 34.6 Å². The minimum atomic E-state index is -0.963. The largest absolute Gasteiger partial charge is 0.448 e. The Morgan fingerprint density at radius 3 is 2.47 bits per heavy atom. The lowest BCUT2D eigenvalue weighted by atomic mass is 9.86. The van der Waals surface area contributed by atoms with Crippen molar-refractivity contribution in [1.29, 1.82) is 0 Å². The molecule has 3 N–H and O–H groups in total. The van der Waals surface area contributed by atoms with E-state index in [0.717, 1.165) is 56.7 Å². The molecule has 3 fully saturated rings. The van der Waals surface area contributed by atoms with Crippen LogP contribution in [-0.2, 0) is 6.42 Å². The summed E-state index contributed by atoms with van der Waals surface area (Å²) in [5.74, 6) is 0.342. The zero-order chi connectivity index (χ0) is 29.7. The third-order valence-electron chi connectivity index (χ3n) is 9.53. The number of rotatable bonds is 6. The number of carbonyl (C=O) groups excluding carboxylic acids is 2. The lowest BCUT2D eigenvalue weighted by Gasteiger charge is -2.42. The van der Waals surface area contributed by atoms with Gasteiger partial charge >= 0.3 is 0 Å². The monoisotopic (exact) mass is 585 g/mol.